The quantitative estimate of drug-likeness (QED) is 0.523. The molecule has 2 aliphatic carbocycles. The number of aliphatic carboxylic acids is 1. The number of carboxylic acid groups (broad SMARTS) is 1. The summed E-state index contributed by atoms with van der Waals surface area (Å²) in [4.78, 5) is 36.6. The van der Waals surface area contributed by atoms with Crippen LogP contribution >= 0.6 is 0 Å². The second-order valence-electron chi connectivity index (χ2n) is 8.81. The summed E-state index contributed by atoms with van der Waals surface area (Å²) in [6.45, 7) is 0.371. The van der Waals surface area contributed by atoms with Crippen LogP contribution in [0.2, 0.25) is 0 Å². The predicted octanol–water partition coefficient (Wildman–Crippen LogP) is 3.53. The molecule has 3 unspecified atom stereocenters. The van der Waals surface area contributed by atoms with Gasteiger partial charge in [0.15, 0.2) is 0 Å². The molecule has 4 rings (SSSR count). The van der Waals surface area contributed by atoms with Gasteiger partial charge in [-0.3, -0.25) is 9.59 Å². The van der Waals surface area contributed by atoms with E-state index >= 15 is 0 Å². The first kappa shape index (κ1) is 23.4. The van der Waals surface area contributed by atoms with Gasteiger partial charge in [0.05, 0.1) is 5.92 Å². The van der Waals surface area contributed by atoms with Crippen LogP contribution in [0.4, 0.5) is 4.79 Å². The molecule has 0 aromatic heterocycles. The summed E-state index contributed by atoms with van der Waals surface area (Å²) in [6.07, 6.45) is 6.87. The normalized spacial score (nSPS) is 19.4. The van der Waals surface area contributed by atoms with Gasteiger partial charge in [-0.25, -0.2) is 4.79 Å². The Morgan fingerprint density at radius 1 is 1.06 bits per heavy atom. The minimum absolute atomic E-state index is 0.00303. The van der Waals surface area contributed by atoms with Gasteiger partial charge in [0.1, 0.15) is 12.6 Å². The Labute approximate surface area is 198 Å². The number of nitrogens with one attached hydrogen (secondary N) is 2. The Balaban J connectivity index is 1.34. The predicted molar refractivity (Wildman–Crippen MR) is 127 cm³/mol. The highest BCUT2D eigenvalue weighted by Crippen LogP contribution is 2.44. The van der Waals surface area contributed by atoms with E-state index < -0.39 is 29.9 Å². The Kier molecular flexibility index (Phi) is 7.17. The van der Waals surface area contributed by atoms with E-state index in [9.17, 15) is 19.5 Å². The molecule has 0 bridgehead atoms. The molecule has 2 amide bonds. The van der Waals surface area contributed by atoms with E-state index in [1.807, 2.05) is 36.4 Å². The van der Waals surface area contributed by atoms with E-state index in [1.165, 1.54) is 0 Å². The molecule has 1 saturated carbocycles. The molecular formula is C27H28N2O5. The SMILES string of the molecule is C#CCC(NC(=O)OCC1c2ccccc2-c2ccccc21)C(=O)NCC1CCCC1C(=O)O. The molecule has 7 nitrogen and oxygen atoms in total. The molecular weight excluding hydrogens is 432 g/mol. The van der Waals surface area contributed by atoms with Gasteiger partial charge in [-0.2, -0.15) is 0 Å². The molecule has 34 heavy (non-hydrogen) atoms. The first-order valence-electron chi connectivity index (χ1n) is 11.5. The molecule has 3 N–H and O–H groups in total. The summed E-state index contributed by atoms with van der Waals surface area (Å²) in [6, 6.07) is 15.1. The Morgan fingerprint density at radius 3 is 2.32 bits per heavy atom. The minimum Gasteiger partial charge on any atom is -0.481 e. The van der Waals surface area contributed by atoms with Crippen molar-refractivity contribution in [2.24, 2.45) is 11.8 Å². The van der Waals surface area contributed by atoms with E-state index in [2.05, 4.69) is 28.7 Å². The fraction of sp³-hybridized carbons (Fsp3) is 0.370. The fourth-order valence-corrected chi connectivity index (χ4v) is 5.07. The number of carbonyl (C=O) groups excluding carboxylic acids is 2. The molecule has 0 aliphatic heterocycles. The van der Waals surface area contributed by atoms with Crippen molar-refractivity contribution in [2.45, 2.75) is 37.6 Å². The zero-order chi connectivity index (χ0) is 24.1. The lowest BCUT2D eigenvalue weighted by atomic mass is 9.96. The molecule has 3 atom stereocenters. The maximum absolute atomic E-state index is 12.7. The van der Waals surface area contributed by atoms with Gasteiger partial charge in [-0.05, 0) is 41.0 Å². The number of amides is 2. The number of carbonyl (C=O) groups is 3. The van der Waals surface area contributed by atoms with Gasteiger partial charge in [-0.1, -0.05) is 55.0 Å². The highest BCUT2D eigenvalue weighted by atomic mass is 16.5. The second kappa shape index (κ2) is 10.4. The minimum atomic E-state index is -0.953. The van der Waals surface area contributed by atoms with Crippen LogP contribution in [-0.4, -0.2) is 42.3 Å². The number of fused-ring (bicyclic) bond motifs is 3. The summed E-state index contributed by atoms with van der Waals surface area (Å²) in [7, 11) is 0. The summed E-state index contributed by atoms with van der Waals surface area (Å²) in [5, 5.41) is 14.6. The molecule has 2 aromatic rings. The average molecular weight is 461 g/mol. The first-order chi connectivity index (χ1) is 16.5. The van der Waals surface area contributed by atoms with Crippen molar-refractivity contribution in [3.05, 3.63) is 59.7 Å². The van der Waals surface area contributed by atoms with Gasteiger partial charge in [0.25, 0.3) is 0 Å². The van der Waals surface area contributed by atoms with Crippen molar-refractivity contribution in [2.75, 3.05) is 13.2 Å². The molecule has 7 heteroatoms. The number of carboxylic acids is 1. The van der Waals surface area contributed by atoms with E-state index in [1.54, 1.807) is 0 Å². The van der Waals surface area contributed by atoms with E-state index in [0.717, 1.165) is 35.1 Å². The summed E-state index contributed by atoms with van der Waals surface area (Å²) in [5.74, 6) is 0.457. The molecule has 0 saturated heterocycles. The van der Waals surface area contributed by atoms with Crippen LogP contribution in [0.25, 0.3) is 11.1 Å². The zero-order valence-corrected chi connectivity index (χ0v) is 18.8. The number of terminal acetylenes is 1. The monoisotopic (exact) mass is 460 g/mol. The lowest BCUT2D eigenvalue weighted by Gasteiger charge is -2.20. The number of ether oxygens (including phenoxy) is 1. The lowest BCUT2D eigenvalue weighted by Crippen LogP contribution is -2.48. The second-order valence-corrected chi connectivity index (χ2v) is 8.81. The lowest BCUT2D eigenvalue weighted by molar-refractivity contribution is -0.143. The van der Waals surface area contributed by atoms with Crippen LogP contribution in [-0.2, 0) is 14.3 Å². The molecule has 0 heterocycles. The summed E-state index contributed by atoms with van der Waals surface area (Å²) >= 11 is 0. The molecule has 2 aliphatic rings. The van der Waals surface area contributed by atoms with Crippen molar-refractivity contribution in [3.63, 3.8) is 0 Å². The fourth-order valence-electron chi connectivity index (χ4n) is 5.07. The molecule has 176 valence electrons. The largest absolute Gasteiger partial charge is 0.481 e. The maximum atomic E-state index is 12.7. The Bertz CT molecular complexity index is 1080. The Hall–Kier alpha value is -3.79. The maximum Gasteiger partial charge on any atom is 0.407 e. The van der Waals surface area contributed by atoms with Crippen LogP contribution in [0, 0.1) is 24.2 Å². The van der Waals surface area contributed by atoms with Crippen LogP contribution in [0.3, 0.4) is 0 Å². The standard InChI is InChI=1S/C27H28N2O5/c1-2-8-24(25(30)28-15-17-9-7-14-18(17)26(31)32)29-27(33)34-16-23-21-12-5-3-10-19(21)20-11-4-6-13-22(20)23/h1,3-6,10-13,17-18,23-24H,7-9,14-16H2,(H,28,30)(H,29,33)(H,31,32). The smallest absolute Gasteiger partial charge is 0.407 e. The van der Waals surface area contributed by atoms with Crippen molar-refractivity contribution in [1.29, 1.82) is 0 Å². The summed E-state index contributed by atoms with van der Waals surface area (Å²) in [5.41, 5.74) is 4.45. The molecule has 0 radical (unpaired) electrons. The van der Waals surface area contributed by atoms with Crippen molar-refractivity contribution in [3.8, 4) is 23.5 Å². The number of hydrogen-bond donors (Lipinski definition) is 3. The number of benzene rings is 2. The van der Waals surface area contributed by atoms with Crippen LogP contribution in [0.1, 0.15) is 42.7 Å². The molecule has 2 aromatic carbocycles. The zero-order valence-electron chi connectivity index (χ0n) is 18.8. The molecule has 0 spiro atoms. The third-order valence-corrected chi connectivity index (χ3v) is 6.79. The van der Waals surface area contributed by atoms with Crippen LogP contribution in [0.5, 0.6) is 0 Å². The van der Waals surface area contributed by atoms with Crippen molar-refractivity contribution < 1.29 is 24.2 Å². The first-order valence-corrected chi connectivity index (χ1v) is 11.5. The van der Waals surface area contributed by atoms with E-state index in [4.69, 9.17) is 11.2 Å². The highest BCUT2D eigenvalue weighted by molar-refractivity contribution is 5.86. The third kappa shape index (κ3) is 4.91. The van der Waals surface area contributed by atoms with Crippen molar-refractivity contribution >= 4 is 18.0 Å². The number of alkyl carbamates (subject to hydrolysis) is 1. The highest BCUT2D eigenvalue weighted by Gasteiger charge is 2.34. The third-order valence-electron chi connectivity index (χ3n) is 6.79. The average Bonchev–Trinajstić information content (AvgIpc) is 3.44. The Morgan fingerprint density at radius 2 is 1.71 bits per heavy atom. The van der Waals surface area contributed by atoms with Gasteiger partial charge >= 0.3 is 12.1 Å². The van der Waals surface area contributed by atoms with Gasteiger partial charge in [0.2, 0.25) is 5.91 Å². The molecule has 1 fully saturated rings. The topological polar surface area (TPSA) is 105 Å². The van der Waals surface area contributed by atoms with Gasteiger partial charge in [0, 0.05) is 18.9 Å². The summed E-state index contributed by atoms with van der Waals surface area (Å²) < 4.78 is 5.52. The van der Waals surface area contributed by atoms with E-state index in [-0.39, 0.29) is 31.4 Å². The van der Waals surface area contributed by atoms with Gasteiger partial charge in [-0.15, -0.1) is 12.3 Å². The number of hydrogen-bond acceptors (Lipinski definition) is 4. The van der Waals surface area contributed by atoms with Crippen molar-refractivity contribution in [1.82, 2.24) is 10.6 Å². The van der Waals surface area contributed by atoms with Crippen LogP contribution in [0.15, 0.2) is 48.5 Å². The van der Waals surface area contributed by atoms with E-state index in [0.29, 0.717) is 6.42 Å². The van der Waals surface area contributed by atoms with Crippen LogP contribution < -0.4 is 10.6 Å². The number of rotatable bonds is 8. The van der Waals surface area contributed by atoms with Gasteiger partial charge < -0.3 is 20.5 Å².